The fourth-order valence-electron chi connectivity index (χ4n) is 2.65. The molecule has 0 amide bonds. The molecule has 0 heterocycles. The Morgan fingerprint density at radius 1 is 1.06 bits per heavy atom. The molecule has 0 fully saturated rings. The molecule has 0 saturated heterocycles. The summed E-state index contributed by atoms with van der Waals surface area (Å²) in [4.78, 5) is 0. The largest absolute Gasteiger partial charge is 0.0916 e. The molecule has 0 bridgehead atoms. The molecular weight excluding hydrogens is 204 g/mol. The van der Waals surface area contributed by atoms with Crippen LogP contribution in [0.3, 0.4) is 0 Å². The number of hydrogen-bond acceptors (Lipinski definition) is 0. The second kappa shape index (κ2) is 6.05. The second-order valence-electron chi connectivity index (χ2n) is 5.08. The molecule has 0 aliphatic rings. The van der Waals surface area contributed by atoms with E-state index in [1.54, 1.807) is 5.56 Å². The molecule has 0 N–H and O–H groups in total. The van der Waals surface area contributed by atoms with E-state index >= 15 is 0 Å². The first-order chi connectivity index (χ1) is 8.02. The van der Waals surface area contributed by atoms with Crippen LogP contribution in [0.5, 0.6) is 0 Å². The maximum Gasteiger partial charge on any atom is -0.0125 e. The summed E-state index contributed by atoms with van der Waals surface area (Å²) in [6.45, 7) is 13.4. The summed E-state index contributed by atoms with van der Waals surface area (Å²) >= 11 is 0. The third kappa shape index (κ3) is 3.00. The maximum absolute atomic E-state index is 2.32. The monoisotopic (exact) mass is 230 g/mol. The Balaban J connectivity index is 3.26. The van der Waals surface area contributed by atoms with Gasteiger partial charge in [0, 0.05) is 0 Å². The van der Waals surface area contributed by atoms with Crippen molar-refractivity contribution in [3.8, 4) is 0 Å². The van der Waals surface area contributed by atoms with Crippen LogP contribution in [0, 0.1) is 27.7 Å². The number of rotatable bonds is 4. The summed E-state index contributed by atoms with van der Waals surface area (Å²) in [5, 5.41) is 0. The molecule has 0 heteroatoms. The Bertz CT molecular complexity index is 384. The van der Waals surface area contributed by atoms with Crippen molar-refractivity contribution in [1.29, 1.82) is 0 Å². The Kier molecular flexibility index (Phi) is 4.99. The fourth-order valence-corrected chi connectivity index (χ4v) is 2.65. The predicted octanol–water partition coefficient (Wildman–Crippen LogP) is 5.38. The molecule has 0 aliphatic heterocycles. The van der Waals surface area contributed by atoms with Gasteiger partial charge in [-0.3, -0.25) is 0 Å². The van der Waals surface area contributed by atoms with Gasteiger partial charge < -0.3 is 0 Å². The van der Waals surface area contributed by atoms with Crippen LogP contribution < -0.4 is 0 Å². The lowest BCUT2D eigenvalue weighted by atomic mass is 9.83. The van der Waals surface area contributed by atoms with Gasteiger partial charge >= 0.3 is 0 Å². The zero-order valence-corrected chi connectivity index (χ0v) is 12.2. The minimum atomic E-state index is 0.671. The average molecular weight is 230 g/mol. The van der Waals surface area contributed by atoms with Crippen molar-refractivity contribution in [2.75, 3.05) is 0 Å². The van der Waals surface area contributed by atoms with E-state index in [0.29, 0.717) is 5.92 Å². The molecular formula is C17H26. The summed E-state index contributed by atoms with van der Waals surface area (Å²) in [7, 11) is 0. The van der Waals surface area contributed by atoms with E-state index in [0.717, 1.165) is 6.42 Å². The van der Waals surface area contributed by atoms with Gasteiger partial charge in [-0.2, -0.15) is 0 Å². The number of benzene rings is 1. The van der Waals surface area contributed by atoms with Crippen LogP contribution in [-0.4, -0.2) is 0 Å². The van der Waals surface area contributed by atoms with Gasteiger partial charge in [0.1, 0.15) is 0 Å². The minimum Gasteiger partial charge on any atom is -0.0916 e. The third-order valence-corrected chi connectivity index (χ3v) is 3.98. The average Bonchev–Trinajstić information content (AvgIpc) is 2.31. The van der Waals surface area contributed by atoms with Crippen molar-refractivity contribution >= 4 is 0 Å². The first kappa shape index (κ1) is 14.0. The van der Waals surface area contributed by atoms with Gasteiger partial charge in [0.05, 0.1) is 0 Å². The van der Waals surface area contributed by atoms with Crippen LogP contribution in [0.1, 0.15) is 60.4 Å². The molecule has 1 unspecified atom stereocenters. The van der Waals surface area contributed by atoms with Crippen LogP contribution in [-0.2, 0) is 0 Å². The molecule has 94 valence electrons. The molecule has 0 spiro atoms. The SMILES string of the molecule is C/C=C\CC(CC)c1c(C)c(C)cc(C)c1C. The molecule has 0 aliphatic carbocycles. The first-order valence-electron chi connectivity index (χ1n) is 6.71. The first-order valence-corrected chi connectivity index (χ1v) is 6.71. The Hall–Kier alpha value is -1.04. The van der Waals surface area contributed by atoms with Crippen molar-refractivity contribution in [2.24, 2.45) is 0 Å². The van der Waals surface area contributed by atoms with Crippen LogP contribution in [0.15, 0.2) is 18.2 Å². The molecule has 1 aromatic rings. The number of hydrogen-bond donors (Lipinski definition) is 0. The summed E-state index contributed by atoms with van der Waals surface area (Å²) in [5.74, 6) is 0.671. The second-order valence-corrected chi connectivity index (χ2v) is 5.08. The van der Waals surface area contributed by atoms with Gasteiger partial charge in [0.15, 0.2) is 0 Å². The van der Waals surface area contributed by atoms with Crippen LogP contribution in [0.25, 0.3) is 0 Å². The smallest absolute Gasteiger partial charge is 0.0125 e. The molecule has 0 aromatic heterocycles. The molecule has 1 rings (SSSR count). The Morgan fingerprint density at radius 3 is 2.00 bits per heavy atom. The molecule has 0 saturated carbocycles. The highest BCUT2D eigenvalue weighted by atomic mass is 14.2. The van der Waals surface area contributed by atoms with Crippen molar-refractivity contribution in [3.63, 3.8) is 0 Å². The standard InChI is InChI=1S/C17H26/c1-7-9-10-16(8-2)17-14(5)12(3)11-13(4)15(17)6/h7,9,11,16H,8,10H2,1-6H3/b9-7-. The molecule has 0 nitrogen and oxygen atoms in total. The molecule has 1 aromatic carbocycles. The van der Waals surface area contributed by atoms with Gasteiger partial charge in [-0.15, -0.1) is 0 Å². The highest BCUT2D eigenvalue weighted by molar-refractivity contribution is 5.46. The quantitative estimate of drug-likeness (QED) is 0.609. The van der Waals surface area contributed by atoms with Crippen LogP contribution in [0.4, 0.5) is 0 Å². The van der Waals surface area contributed by atoms with Gasteiger partial charge in [0.2, 0.25) is 0 Å². The van der Waals surface area contributed by atoms with Crippen molar-refractivity contribution in [1.82, 2.24) is 0 Å². The van der Waals surface area contributed by atoms with E-state index in [9.17, 15) is 0 Å². The van der Waals surface area contributed by atoms with Crippen molar-refractivity contribution in [3.05, 3.63) is 46.0 Å². The predicted molar refractivity (Wildman–Crippen MR) is 77.9 cm³/mol. The lowest BCUT2D eigenvalue weighted by Gasteiger charge is -2.22. The van der Waals surface area contributed by atoms with E-state index in [4.69, 9.17) is 0 Å². The summed E-state index contributed by atoms with van der Waals surface area (Å²) < 4.78 is 0. The van der Waals surface area contributed by atoms with Gasteiger partial charge in [-0.05, 0) is 81.2 Å². The van der Waals surface area contributed by atoms with Gasteiger partial charge in [-0.25, -0.2) is 0 Å². The van der Waals surface area contributed by atoms with E-state index < -0.39 is 0 Å². The van der Waals surface area contributed by atoms with Crippen molar-refractivity contribution < 1.29 is 0 Å². The third-order valence-electron chi connectivity index (χ3n) is 3.98. The van der Waals surface area contributed by atoms with Gasteiger partial charge in [-0.1, -0.05) is 25.1 Å². The highest BCUT2D eigenvalue weighted by Crippen LogP contribution is 2.32. The number of allylic oxidation sites excluding steroid dienone is 2. The van der Waals surface area contributed by atoms with E-state index in [1.807, 2.05) is 0 Å². The topological polar surface area (TPSA) is 0 Å². The van der Waals surface area contributed by atoms with E-state index in [-0.39, 0.29) is 0 Å². The summed E-state index contributed by atoms with van der Waals surface area (Å²) in [6.07, 6.45) is 6.84. The maximum atomic E-state index is 2.32. The molecule has 1 atom stereocenters. The summed E-state index contributed by atoms with van der Waals surface area (Å²) in [5.41, 5.74) is 7.43. The van der Waals surface area contributed by atoms with Crippen molar-refractivity contribution in [2.45, 2.75) is 60.3 Å². The highest BCUT2D eigenvalue weighted by Gasteiger charge is 2.16. The van der Waals surface area contributed by atoms with E-state index in [2.05, 4.69) is 59.8 Å². The number of aryl methyl sites for hydroxylation is 2. The normalized spacial score (nSPS) is 13.3. The zero-order valence-electron chi connectivity index (χ0n) is 12.2. The fraction of sp³-hybridized carbons (Fsp3) is 0.529. The lowest BCUT2D eigenvalue weighted by molar-refractivity contribution is 0.663. The Morgan fingerprint density at radius 2 is 1.59 bits per heavy atom. The Labute approximate surface area is 107 Å². The van der Waals surface area contributed by atoms with Gasteiger partial charge in [0.25, 0.3) is 0 Å². The van der Waals surface area contributed by atoms with E-state index in [1.165, 1.54) is 28.7 Å². The summed E-state index contributed by atoms with van der Waals surface area (Å²) in [6, 6.07) is 2.32. The minimum absolute atomic E-state index is 0.671. The van der Waals surface area contributed by atoms with Crippen LogP contribution in [0.2, 0.25) is 0 Å². The molecule has 17 heavy (non-hydrogen) atoms. The molecule has 0 radical (unpaired) electrons. The lowest BCUT2D eigenvalue weighted by Crippen LogP contribution is -2.05. The zero-order chi connectivity index (χ0) is 13.0. The van der Waals surface area contributed by atoms with Crippen LogP contribution >= 0.6 is 0 Å².